The Morgan fingerprint density at radius 2 is 2.12 bits per heavy atom. The quantitative estimate of drug-likeness (QED) is 0.563. The zero-order chi connectivity index (χ0) is 17.3. The fraction of sp³-hybridized carbons (Fsp3) is 0.375. The van der Waals surface area contributed by atoms with E-state index in [1.807, 2.05) is 0 Å². The van der Waals surface area contributed by atoms with Crippen LogP contribution in [0.15, 0.2) is 29.1 Å². The first-order valence-corrected chi connectivity index (χ1v) is 7.79. The summed E-state index contributed by atoms with van der Waals surface area (Å²) in [6, 6.07) is 5.19. The third kappa shape index (κ3) is 3.97. The zero-order valence-electron chi connectivity index (χ0n) is 13.6. The van der Waals surface area contributed by atoms with Crippen molar-refractivity contribution < 1.29 is 9.72 Å². The van der Waals surface area contributed by atoms with E-state index in [1.54, 1.807) is 0 Å². The summed E-state index contributed by atoms with van der Waals surface area (Å²) in [6.45, 7) is 3.63. The van der Waals surface area contributed by atoms with Crippen molar-refractivity contribution in [3.63, 3.8) is 0 Å². The highest BCUT2D eigenvalue weighted by Crippen LogP contribution is 2.22. The van der Waals surface area contributed by atoms with E-state index in [0.717, 1.165) is 13.0 Å². The number of benzene rings is 1. The summed E-state index contributed by atoms with van der Waals surface area (Å²) in [5, 5.41) is 17.5. The first kappa shape index (κ1) is 18.9. The summed E-state index contributed by atoms with van der Waals surface area (Å²) in [6.07, 6.45) is 0.951. The van der Waals surface area contributed by atoms with Crippen LogP contribution in [-0.4, -0.2) is 34.9 Å². The van der Waals surface area contributed by atoms with Gasteiger partial charge in [0.2, 0.25) is 5.56 Å². The topological polar surface area (TPSA) is 117 Å². The van der Waals surface area contributed by atoms with Gasteiger partial charge in [-0.2, -0.15) is 0 Å². The number of carbonyl (C=O) groups excluding carboxylic acids is 1. The molecule has 1 amide bonds. The van der Waals surface area contributed by atoms with Gasteiger partial charge in [-0.05, 0) is 24.9 Å². The van der Waals surface area contributed by atoms with Gasteiger partial charge in [0.1, 0.15) is 0 Å². The molecule has 1 aliphatic heterocycles. The smallest absolute Gasteiger partial charge is 0.270 e. The van der Waals surface area contributed by atoms with E-state index >= 15 is 0 Å². The van der Waals surface area contributed by atoms with Crippen LogP contribution >= 0.6 is 12.4 Å². The van der Waals surface area contributed by atoms with Crippen molar-refractivity contribution in [3.05, 3.63) is 50.3 Å². The number of fused-ring (bicyclic) bond motifs is 1. The number of nitro groups is 1. The molecular weight excluding hydrogens is 348 g/mol. The number of amides is 1. The molecule has 134 valence electrons. The van der Waals surface area contributed by atoms with Gasteiger partial charge in [0.25, 0.3) is 11.6 Å². The number of nitro benzene ring substituents is 1. The Hall–Kier alpha value is -2.45. The number of nitrogens with one attached hydrogen (secondary N) is 3. The van der Waals surface area contributed by atoms with Crippen LogP contribution in [0.5, 0.6) is 0 Å². The van der Waals surface area contributed by atoms with Gasteiger partial charge in [-0.3, -0.25) is 19.7 Å². The van der Waals surface area contributed by atoms with Crippen LogP contribution in [-0.2, 0) is 0 Å². The van der Waals surface area contributed by atoms with Crippen LogP contribution in [0.1, 0.15) is 23.7 Å². The van der Waals surface area contributed by atoms with Crippen LogP contribution in [0, 0.1) is 16.0 Å². The number of H-pyrrole nitrogens is 1. The van der Waals surface area contributed by atoms with Crippen LogP contribution in [0.2, 0.25) is 0 Å². The predicted octanol–water partition coefficient (Wildman–Crippen LogP) is 1.59. The maximum atomic E-state index is 12.6. The Balaban J connectivity index is 0.00000225. The van der Waals surface area contributed by atoms with Gasteiger partial charge < -0.3 is 15.6 Å². The van der Waals surface area contributed by atoms with Crippen molar-refractivity contribution in [1.82, 2.24) is 15.6 Å². The maximum absolute atomic E-state index is 12.6. The predicted molar refractivity (Wildman–Crippen MR) is 96.4 cm³/mol. The zero-order valence-corrected chi connectivity index (χ0v) is 14.4. The minimum Gasteiger partial charge on any atom is -0.348 e. The Morgan fingerprint density at radius 3 is 2.80 bits per heavy atom. The number of nitrogens with zero attached hydrogens (tertiary/aromatic N) is 1. The van der Waals surface area contributed by atoms with Crippen LogP contribution in [0.3, 0.4) is 0 Å². The maximum Gasteiger partial charge on any atom is 0.270 e. The molecule has 9 heteroatoms. The molecule has 2 aromatic rings. The number of non-ortho nitro benzene ring substituents is 1. The van der Waals surface area contributed by atoms with E-state index in [2.05, 4.69) is 22.5 Å². The second-order valence-corrected chi connectivity index (χ2v) is 6.08. The molecule has 1 aromatic carbocycles. The minimum absolute atomic E-state index is 0. The van der Waals surface area contributed by atoms with Crippen LogP contribution in [0.4, 0.5) is 5.69 Å². The largest absolute Gasteiger partial charge is 0.348 e. The standard InChI is InChI=1S/C16H18N4O4.ClH/c1-9-4-5-17-8-14(9)19-16(22)12-7-15(21)18-13-3-2-10(20(23)24)6-11(12)13;/h2-3,6-7,9,14,17H,4-5,8H2,1H3,(H,18,21)(H,19,22);1H. The van der Waals surface area contributed by atoms with Gasteiger partial charge in [0, 0.05) is 41.7 Å². The molecule has 0 spiro atoms. The highest BCUT2D eigenvalue weighted by atomic mass is 35.5. The molecule has 0 radical (unpaired) electrons. The fourth-order valence-electron chi connectivity index (χ4n) is 2.97. The monoisotopic (exact) mass is 366 g/mol. The molecule has 1 aliphatic rings. The van der Waals surface area contributed by atoms with Crippen molar-refractivity contribution in [3.8, 4) is 0 Å². The average molecular weight is 367 g/mol. The van der Waals surface area contributed by atoms with Crippen LogP contribution in [0.25, 0.3) is 10.9 Å². The highest BCUT2D eigenvalue weighted by molar-refractivity contribution is 6.06. The average Bonchev–Trinajstić information content (AvgIpc) is 2.55. The number of aromatic nitrogens is 1. The lowest BCUT2D eigenvalue weighted by atomic mass is 9.94. The van der Waals surface area contributed by atoms with Crippen molar-refractivity contribution in [1.29, 1.82) is 0 Å². The second-order valence-electron chi connectivity index (χ2n) is 6.08. The molecule has 3 rings (SSSR count). The number of carbonyl (C=O) groups is 1. The van der Waals surface area contributed by atoms with Gasteiger partial charge in [0.05, 0.1) is 10.5 Å². The molecule has 2 atom stereocenters. The summed E-state index contributed by atoms with van der Waals surface area (Å²) >= 11 is 0. The number of piperidine rings is 1. The van der Waals surface area contributed by atoms with Crippen molar-refractivity contribution in [2.24, 2.45) is 5.92 Å². The minimum atomic E-state index is -0.528. The van der Waals surface area contributed by atoms with Crippen LogP contribution < -0.4 is 16.2 Å². The summed E-state index contributed by atoms with van der Waals surface area (Å²) in [7, 11) is 0. The Bertz CT molecular complexity index is 867. The molecular formula is C16H19ClN4O4. The lowest BCUT2D eigenvalue weighted by Gasteiger charge is -2.30. The van der Waals surface area contributed by atoms with E-state index in [0.29, 0.717) is 23.4 Å². The molecule has 1 aromatic heterocycles. The molecule has 2 heterocycles. The van der Waals surface area contributed by atoms with Gasteiger partial charge in [-0.25, -0.2) is 0 Å². The van der Waals surface area contributed by atoms with Crippen molar-refractivity contribution in [2.45, 2.75) is 19.4 Å². The molecule has 1 fully saturated rings. The number of hydrogen-bond donors (Lipinski definition) is 3. The van der Waals surface area contributed by atoms with E-state index in [4.69, 9.17) is 0 Å². The number of aromatic amines is 1. The highest BCUT2D eigenvalue weighted by Gasteiger charge is 2.24. The third-order valence-electron chi connectivity index (χ3n) is 4.43. The normalized spacial score (nSPS) is 19.9. The summed E-state index contributed by atoms with van der Waals surface area (Å²) in [5.74, 6) is -0.0788. The Morgan fingerprint density at radius 1 is 1.36 bits per heavy atom. The van der Waals surface area contributed by atoms with Gasteiger partial charge >= 0.3 is 0 Å². The SMILES string of the molecule is CC1CCNCC1NC(=O)c1cc(=O)[nH]c2ccc([N+](=O)[O-])cc12.Cl. The first-order chi connectivity index (χ1) is 11.5. The number of pyridine rings is 1. The molecule has 1 saturated heterocycles. The number of rotatable bonds is 3. The molecule has 8 nitrogen and oxygen atoms in total. The Kier molecular flexibility index (Phi) is 5.76. The summed E-state index contributed by atoms with van der Waals surface area (Å²) < 4.78 is 0. The molecule has 3 N–H and O–H groups in total. The van der Waals surface area contributed by atoms with E-state index in [-0.39, 0.29) is 29.7 Å². The Labute approximate surface area is 149 Å². The van der Waals surface area contributed by atoms with Crippen molar-refractivity contribution in [2.75, 3.05) is 13.1 Å². The number of hydrogen-bond acceptors (Lipinski definition) is 5. The van der Waals surface area contributed by atoms with Crippen molar-refractivity contribution >= 4 is 34.9 Å². The lowest BCUT2D eigenvalue weighted by Crippen LogP contribution is -2.50. The third-order valence-corrected chi connectivity index (χ3v) is 4.43. The van der Waals surface area contributed by atoms with E-state index in [1.165, 1.54) is 24.3 Å². The van der Waals surface area contributed by atoms with Gasteiger partial charge in [0.15, 0.2) is 0 Å². The summed E-state index contributed by atoms with van der Waals surface area (Å²) in [5.41, 5.74) is -0.00379. The first-order valence-electron chi connectivity index (χ1n) is 7.79. The summed E-state index contributed by atoms with van der Waals surface area (Å²) in [4.78, 5) is 37.5. The molecule has 0 saturated carbocycles. The molecule has 2 unspecified atom stereocenters. The molecule has 25 heavy (non-hydrogen) atoms. The number of halogens is 1. The molecule has 0 aliphatic carbocycles. The fourth-order valence-corrected chi connectivity index (χ4v) is 2.97. The van der Waals surface area contributed by atoms with Gasteiger partial charge in [-0.1, -0.05) is 6.92 Å². The van der Waals surface area contributed by atoms with Gasteiger partial charge in [-0.15, -0.1) is 12.4 Å². The molecule has 0 bridgehead atoms. The van der Waals surface area contributed by atoms with E-state index < -0.39 is 16.4 Å². The van der Waals surface area contributed by atoms with E-state index in [9.17, 15) is 19.7 Å². The lowest BCUT2D eigenvalue weighted by molar-refractivity contribution is -0.384. The second kappa shape index (κ2) is 7.62.